The Morgan fingerprint density at radius 2 is 1.73 bits per heavy atom. The number of benzene rings is 2. The van der Waals surface area contributed by atoms with Gasteiger partial charge in [0.05, 0.1) is 6.20 Å². The van der Waals surface area contributed by atoms with Gasteiger partial charge in [-0.05, 0) is 55.3 Å². The second-order valence-corrected chi connectivity index (χ2v) is 10.9. The number of aryl methyl sites for hydroxylation is 1. The monoisotopic (exact) mass is 522 g/mol. The molecule has 1 fully saturated rings. The van der Waals surface area contributed by atoms with Gasteiger partial charge in [0.2, 0.25) is 5.89 Å². The van der Waals surface area contributed by atoms with Gasteiger partial charge in [0, 0.05) is 48.6 Å². The van der Waals surface area contributed by atoms with E-state index in [1.165, 1.54) is 4.31 Å². The molecule has 10 heteroatoms. The summed E-state index contributed by atoms with van der Waals surface area (Å²) in [7, 11) is -3.89. The average Bonchev–Trinajstić information content (AvgIpc) is 3.33. The number of rotatable bonds is 7. The van der Waals surface area contributed by atoms with Crippen LogP contribution in [0.3, 0.4) is 0 Å². The Kier molecular flexibility index (Phi) is 7.97. The van der Waals surface area contributed by atoms with E-state index >= 15 is 0 Å². The molecule has 194 valence electrons. The molecular weight excluding hydrogens is 492 g/mol. The summed E-state index contributed by atoms with van der Waals surface area (Å²) < 4.78 is 34.6. The molecule has 1 aromatic heterocycles. The number of carboxylic acids is 1. The maximum atomic E-state index is 12.7. The van der Waals surface area contributed by atoms with E-state index in [1.807, 2.05) is 55.5 Å². The van der Waals surface area contributed by atoms with E-state index in [9.17, 15) is 18.3 Å². The van der Waals surface area contributed by atoms with Crippen LogP contribution in [0.5, 0.6) is 0 Å². The molecule has 0 saturated carbocycles. The first kappa shape index (κ1) is 26.4. The van der Waals surface area contributed by atoms with Crippen LogP contribution in [-0.4, -0.2) is 61.0 Å². The van der Waals surface area contributed by atoms with Crippen molar-refractivity contribution in [2.75, 3.05) is 31.1 Å². The fourth-order valence-corrected chi connectivity index (χ4v) is 5.50. The molecule has 0 spiro atoms. The van der Waals surface area contributed by atoms with Crippen molar-refractivity contribution in [2.45, 2.75) is 26.8 Å². The van der Waals surface area contributed by atoms with Crippen LogP contribution < -0.4 is 9.62 Å². The van der Waals surface area contributed by atoms with Crippen molar-refractivity contribution >= 4 is 21.9 Å². The first-order valence-electron chi connectivity index (χ1n) is 12.0. The topological polar surface area (TPSA) is 116 Å². The van der Waals surface area contributed by atoms with Crippen LogP contribution in [0.15, 0.2) is 59.1 Å². The van der Waals surface area contributed by atoms with Crippen molar-refractivity contribution < 1.29 is 22.7 Å². The van der Waals surface area contributed by atoms with Gasteiger partial charge in [0.15, 0.2) is 0 Å². The van der Waals surface area contributed by atoms with Gasteiger partial charge in [-0.2, -0.15) is 17.4 Å². The van der Waals surface area contributed by atoms with Gasteiger partial charge in [-0.1, -0.05) is 31.8 Å². The molecule has 0 amide bonds. The largest absolute Gasteiger partial charge is 0.480 e. The first-order chi connectivity index (χ1) is 17.6. The zero-order chi connectivity index (χ0) is 26.6. The normalized spacial score (nSPS) is 15.3. The van der Waals surface area contributed by atoms with Gasteiger partial charge in [0.25, 0.3) is 10.2 Å². The molecule has 1 aliphatic rings. The van der Waals surface area contributed by atoms with E-state index in [1.54, 1.807) is 20.0 Å². The summed E-state index contributed by atoms with van der Waals surface area (Å²) in [6, 6.07) is 14.4. The van der Waals surface area contributed by atoms with Crippen LogP contribution in [0.4, 0.5) is 5.69 Å². The second kappa shape index (κ2) is 11.2. The Hall–Kier alpha value is -3.65. The maximum Gasteiger partial charge on any atom is 0.322 e. The van der Waals surface area contributed by atoms with Gasteiger partial charge in [-0.25, -0.2) is 4.98 Å². The molecule has 2 aromatic carbocycles. The lowest BCUT2D eigenvalue weighted by atomic mass is 10.1. The van der Waals surface area contributed by atoms with Crippen LogP contribution >= 0.6 is 0 Å². The zero-order valence-electron chi connectivity index (χ0n) is 21.0. The number of carbonyl (C=O) groups is 1. The summed E-state index contributed by atoms with van der Waals surface area (Å²) in [6.45, 7) is 6.72. The van der Waals surface area contributed by atoms with E-state index in [0.29, 0.717) is 19.0 Å². The summed E-state index contributed by atoms with van der Waals surface area (Å²) in [5.41, 5.74) is 3.56. The fourth-order valence-electron chi connectivity index (χ4n) is 4.01. The number of piperazine rings is 1. The van der Waals surface area contributed by atoms with E-state index in [2.05, 4.69) is 26.4 Å². The van der Waals surface area contributed by atoms with Crippen LogP contribution in [0.25, 0.3) is 11.5 Å². The summed E-state index contributed by atoms with van der Waals surface area (Å²) in [5, 5.41) is 9.31. The molecule has 0 bridgehead atoms. The molecule has 1 unspecified atom stereocenters. The number of hydrogen-bond donors (Lipinski definition) is 2. The molecule has 1 aliphatic heterocycles. The number of hydrogen-bond acceptors (Lipinski definition) is 6. The van der Waals surface area contributed by atoms with Crippen molar-refractivity contribution in [1.29, 1.82) is 0 Å². The van der Waals surface area contributed by atoms with Gasteiger partial charge < -0.3 is 14.4 Å². The predicted octanol–water partition coefficient (Wildman–Crippen LogP) is 3.12. The summed E-state index contributed by atoms with van der Waals surface area (Å²) in [4.78, 5) is 17.8. The fraction of sp³-hybridized carbons (Fsp3) is 0.333. The highest BCUT2D eigenvalue weighted by Gasteiger charge is 2.32. The molecule has 4 rings (SSSR count). The minimum Gasteiger partial charge on any atom is -0.480 e. The van der Waals surface area contributed by atoms with E-state index in [-0.39, 0.29) is 19.0 Å². The van der Waals surface area contributed by atoms with Crippen LogP contribution in [0.1, 0.15) is 30.7 Å². The number of nitrogens with zero attached hydrogens (tertiary/aromatic N) is 3. The lowest BCUT2D eigenvalue weighted by Crippen LogP contribution is -2.55. The molecule has 1 atom stereocenters. The molecular formula is C27H30N4O5S. The first-order valence-corrected chi connectivity index (χ1v) is 13.5. The third-order valence-electron chi connectivity index (χ3n) is 6.10. The Bertz CT molecular complexity index is 1410. The standard InChI is InChI=1S/C27H30N4O5S/c1-19(2)25(27(32)33)29-37(34,35)31-15-13-30(14-16-31)24-11-9-21(10-12-24)7-8-22-5-4-6-23(17-22)26-28-18-20(3)36-26/h4-6,9-12,17-19,25,29H,13-16H2,1-3H3,(H,32,33). The van der Waals surface area contributed by atoms with Gasteiger partial charge in [-0.15, -0.1) is 0 Å². The van der Waals surface area contributed by atoms with Crippen molar-refractivity contribution in [1.82, 2.24) is 14.0 Å². The van der Waals surface area contributed by atoms with E-state index in [4.69, 9.17) is 4.42 Å². The molecule has 2 heterocycles. The third-order valence-corrected chi connectivity index (χ3v) is 7.70. The van der Waals surface area contributed by atoms with Gasteiger partial charge in [-0.3, -0.25) is 4.79 Å². The quantitative estimate of drug-likeness (QED) is 0.458. The number of aliphatic carboxylic acids is 1. The summed E-state index contributed by atoms with van der Waals surface area (Å²) >= 11 is 0. The van der Waals surface area contributed by atoms with E-state index in [0.717, 1.165) is 28.1 Å². The second-order valence-electron chi connectivity index (χ2n) is 9.22. The molecule has 9 nitrogen and oxygen atoms in total. The summed E-state index contributed by atoms with van der Waals surface area (Å²) in [5.74, 6) is 6.12. The molecule has 37 heavy (non-hydrogen) atoms. The summed E-state index contributed by atoms with van der Waals surface area (Å²) in [6.07, 6.45) is 1.69. The lowest BCUT2D eigenvalue weighted by molar-refractivity contribution is -0.140. The SMILES string of the molecule is Cc1cnc(-c2cccc(C#Cc3ccc(N4CCN(S(=O)(=O)NC(C(=O)O)C(C)C)CC4)cc3)c2)o1. The minimum absolute atomic E-state index is 0.266. The molecule has 3 aromatic rings. The third kappa shape index (κ3) is 6.57. The number of nitrogens with one attached hydrogen (secondary N) is 1. The van der Waals surface area contributed by atoms with E-state index < -0.39 is 22.2 Å². The Morgan fingerprint density at radius 1 is 1.05 bits per heavy atom. The Morgan fingerprint density at radius 3 is 2.32 bits per heavy atom. The average molecular weight is 523 g/mol. The van der Waals surface area contributed by atoms with Crippen LogP contribution in [0, 0.1) is 24.7 Å². The molecule has 2 N–H and O–H groups in total. The highest BCUT2D eigenvalue weighted by atomic mass is 32.2. The number of anilines is 1. The number of oxazole rings is 1. The highest BCUT2D eigenvalue weighted by Crippen LogP contribution is 2.21. The van der Waals surface area contributed by atoms with Crippen LogP contribution in [0.2, 0.25) is 0 Å². The van der Waals surface area contributed by atoms with Crippen LogP contribution in [-0.2, 0) is 15.0 Å². The minimum atomic E-state index is -3.89. The van der Waals surface area contributed by atoms with Gasteiger partial charge in [0.1, 0.15) is 11.8 Å². The van der Waals surface area contributed by atoms with Crippen molar-refractivity contribution in [3.8, 4) is 23.3 Å². The molecule has 1 saturated heterocycles. The molecule has 0 aliphatic carbocycles. The number of carboxylic acid groups (broad SMARTS) is 1. The van der Waals surface area contributed by atoms with Crippen molar-refractivity contribution in [2.24, 2.45) is 5.92 Å². The Labute approximate surface area is 217 Å². The zero-order valence-corrected chi connectivity index (χ0v) is 21.8. The lowest BCUT2D eigenvalue weighted by Gasteiger charge is -2.36. The molecule has 0 radical (unpaired) electrons. The smallest absolute Gasteiger partial charge is 0.322 e. The number of aromatic nitrogens is 1. The maximum absolute atomic E-state index is 12.7. The Balaban J connectivity index is 1.37. The highest BCUT2D eigenvalue weighted by molar-refractivity contribution is 7.87. The van der Waals surface area contributed by atoms with Crippen molar-refractivity contribution in [3.63, 3.8) is 0 Å². The predicted molar refractivity (Wildman–Crippen MR) is 141 cm³/mol. The van der Waals surface area contributed by atoms with Gasteiger partial charge >= 0.3 is 5.97 Å². The van der Waals surface area contributed by atoms with Crippen molar-refractivity contribution in [3.05, 3.63) is 71.6 Å².